The summed E-state index contributed by atoms with van der Waals surface area (Å²) in [6.45, 7) is 0. The summed E-state index contributed by atoms with van der Waals surface area (Å²) in [6.07, 6.45) is 0. The highest BCUT2D eigenvalue weighted by atomic mass is 16.7. The maximum Gasteiger partial charge on any atom is 0.364 e. The number of benzene rings is 3. The van der Waals surface area contributed by atoms with Gasteiger partial charge < -0.3 is 14.3 Å². The molecule has 3 aromatic rings. The van der Waals surface area contributed by atoms with E-state index in [4.69, 9.17) is 14.3 Å². The monoisotopic (exact) mass is 377 g/mol. The van der Waals surface area contributed by atoms with Crippen molar-refractivity contribution in [2.24, 2.45) is 0 Å². The first-order valence-corrected chi connectivity index (χ1v) is 8.40. The Balaban J connectivity index is 1.68. The lowest BCUT2D eigenvalue weighted by Crippen LogP contribution is -2.41. The zero-order chi connectivity index (χ0) is 19.8. The highest BCUT2D eigenvalue weighted by Gasteiger charge is 2.36. The van der Waals surface area contributed by atoms with Crippen LogP contribution >= 0.6 is 0 Å². The lowest BCUT2D eigenvalue weighted by molar-refractivity contribution is -0.0620. The van der Waals surface area contributed by atoms with Gasteiger partial charge in [-0.2, -0.15) is 0 Å². The van der Waals surface area contributed by atoms with Crippen LogP contribution in [0.1, 0.15) is 31.1 Å². The summed E-state index contributed by atoms with van der Waals surface area (Å²) >= 11 is 0. The van der Waals surface area contributed by atoms with Crippen molar-refractivity contribution in [1.29, 1.82) is 0 Å². The van der Waals surface area contributed by atoms with Gasteiger partial charge in [-0.1, -0.05) is 29.3 Å². The summed E-state index contributed by atoms with van der Waals surface area (Å²) in [5.41, 5.74) is 0.705. The Labute approximate surface area is 160 Å². The molecule has 0 aliphatic carbocycles. The molecule has 140 valence electrons. The minimum absolute atomic E-state index is 0.107. The van der Waals surface area contributed by atoms with Gasteiger partial charge in [-0.25, -0.2) is 4.79 Å². The normalized spacial score (nSPS) is 12.9. The van der Waals surface area contributed by atoms with Crippen LogP contribution in [0.3, 0.4) is 0 Å². The number of amides is 2. The van der Waals surface area contributed by atoms with Crippen molar-refractivity contribution in [2.45, 2.75) is 0 Å². The van der Waals surface area contributed by atoms with Gasteiger partial charge in [0.2, 0.25) is 0 Å². The van der Waals surface area contributed by atoms with E-state index in [1.165, 1.54) is 32.4 Å². The van der Waals surface area contributed by atoms with E-state index in [2.05, 4.69) is 0 Å². The van der Waals surface area contributed by atoms with Crippen molar-refractivity contribution in [1.82, 2.24) is 5.06 Å². The molecule has 1 aliphatic heterocycles. The first kappa shape index (κ1) is 17.5. The molecule has 0 saturated carbocycles. The topological polar surface area (TPSA) is 82.1 Å². The van der Waals surface area contributed by atoms with Gasteiger partial charge >= 0.3 is 5.97 Å². The molecule has 0 atom stereocenters. The Kier molecular flexibility index (Phi) is 4.19. The van der Waals surface area contributed by atoms with Crippen molar-refractivity contribution >= 4 is 28.6 Å². The fourth-order valence-electron chi connectivity index (χ4n) is 3.19. The maximum atomic E-state index is 12.8. The van der Waals surface area contributed by atoms with Gasteiger partial charge in [0.05, 0.1) is 30.9 Å². The summed E-state index contributed by atoms with van der Waals surface area (Å²) in [5, 5.41) is 1.82. The van der Waals surface area contributed by atoms with E-state index in [1.807, 2.05) is 12.1 Å². The van der Waals surface area contributed by atoms with Gasteiger partial charge in [0, 0.05) is 5.39 Å². The van der Waals surface area contributed by atoms with Crippen molar-refractivity contribution in [2.75, 3.05) is 14.2 Å². The van der Waals surface area contributed by atoms with Crippen LogP contribution in [0.2, 0.25) is 0 Å². The lowest BCUT2D eigenvalue weighted by Gasteiger charge is -2.25. The van der Waals surface area contributed by atoms with Crippen LogP contribution in [-0.4, -0.2) is 37.1 Å². The zero-order valence-corrected chi connectivity index (χ0v) is 15.1. The molecule has 0 bridgehead atoms. The standard InChI is InChI=1S/C21H15NO6/c1-26-16-10-9-13(11-17(16)27-2)21(25)28-22-19(23)14-7-3-5-12-6-4-8-15(18(12)14)20(22)24/h3-11H,1-2H3. The van der Waals surface area contributed by atoms with E-state index in [0.717, 1.165) is 5.39 Å². The molecule has 7 heteroatoms. The third kappa shape index (κ3) is 2.64. The van der Waals surface area contributed by atoms with Crippen LogP contribution in [-0.2, 0) is 4.84 Å². The summed E-state index contributed by atoms with van der Waals surface area (Å²) in [5.74, 6) is -1.49. The highest BCUT2D eigenvalue weighted by molar-refractivity contribution is 6.25. The SMILES string of the molecule is COc1ccc(C(=O)ON2C(=O)c3cccc4cccc(c34)C2=O)cc1OC. The van der Waals surface area contributed by atoms with E-state index >= 15 is 0 Å². The number of carbonyl (C=O) groups is 3. The first-order chi connectivity index (χ1) is 13.5. The molecule has 0 unspecified atom stereocenters. The van der Waals surface area contributed by atoms with Gasteiger partial charge in [-0.15, -0.1) is 0 Å². The van der Waals surface area contributed by atoms with Crippen LogP contribution < -0.4 is 9.47 Å². The van der Waals surface area contributed by atoms with E-state index < -0.39 is 17.8 Å². The molecule has 0 N–H and O–H groups in total. The van der Waals surface area contributed by atoms with E-state index in [9.17, 15) is 14.4 Å². The Morgan fingerprint density at radius 1 is 0.821 bits per heavy atom. The molecular formula is C21H15NO6. The van der Waals surface area contributed by atoms with Crippen LogP contribution in [0.5, 0.6) is 11.5 Å². The number of rotatable bonds is 4. The minimum Gasteiger partial charge on any atom is -0.493 e. The second kappa shape index (κ2) is 6.70. The van der Waals surface area contributed by atoms with Gasteiger partial charge in [0.1, 0.15) is 0 Å². The molecule has 3 aromatic carbocycles. The van der Waals surface area contributed by atoms with Crippen molar-refractivity contribution in [3.05, 3.63) is 71.3 Å². The van der Waals surface area contributed by atoms with E-state index in [0.29, 0.717) is 33.1 Å². The van der Waals surface area contributed by atoms with Crippen molar-refractivity contribution in [3.8, 4) is 11.5 Å². The molecule has 1 heterocycles. The number of hydrogen-bond donors (Lipinski definition) is 0. The molecule has 0 spiro atoms. The van der Waals surface area contributed by atoms with Crippen LogP contribution in [0.25, 0.3) is 10.8 Å². The summed E-state index contributed by atoms with van der Waals surface area (Å²) in [4.78, 5) is 43.3. The molecule has 28 heavy (non-hydrogen) atoms. The van der Waals surface area contributed by atoms with E-state index in [1.54, 1.807) is 24.3 Å². The number of nitrogens with zero attached hydrogens (tertiary/aromatic N) is 1. The predicted octanol–water partition coefficient (Wildman–Crippen LogP) is 3.23. The summed E-state index contributed by atoms with van der Waals surface area (Å²) < 4.78 is 10.3. The fourth-order valence-corrected chi connectivity index (χ4v) is 3.19. The second-order valence-corrected chi connectivity index (χ2v) is 6.06. The lowest BCUT2D eigenvalue weighted by atomic mass is 9.95. The highest BCUT2D eigenvalue weighted by Crippen LogP contribution is 2.31. The van der Waals surface area contributed by atoms with Crippen LogP contribution in [0.15, 0.2) is 54.6 Å². The molecule has 1 aliphatic rings. The number of imide groups is 1. The molecule has 0 aromatic heterocycles. The second-order valence-electron chi connectivity index (χ2n) is 6.06. The number of ether oxygens (including phenoxy) is 2. The molecule has 0 radical (unpaired) electrons. The smallest absolute Gasteiger partial charge is 0.364 e. The van der Waals surface area contributed by atoms with Gasteiger partial charge in [-0.05, 0) is 35.7 Å². The van der Waals surface area contributed by atoms with Gasteiger partial charge in [-0.3, -0.25) is 9.59 Å². The number of methoxy groups -OCH3 is 2. The largest absolute Gasteiger partial charge is 0.493 e. The molecule has 4 rings (SSSR count). The van der Waals surface area contributed by atoms with Crippen molar-refractivity contribution in [3.63, 3.8) is 0 Å². The fraction of sp³-hybridized carbons (Fsp3) is 0.0952. The first-order valence-electron chi connectivity index (χ1n) is 8.40. The Hall–Kier alpha value is -3.87. The minimum atomic E-state index is -0.866. The Morgan fingerprint density at radius 3 is 2.00 bits per heavy atom. The number of hydrogen-bond acceptors (Lipinski definition) is 6. The average molecular weight is 377 g/mol. The average Bonchev–Trinajstić information content (AvgIpc) is 2.74. The zero-order valence-electron chi connectivity index (χ0n) is 15.1. The van der Waals surface area contributed by atoms with Gasteiger partial charge in [0.25, 0.3) is 11.8 Å². The molecule has 0 saturated heterocycles. The Bertz CT molecular complexity index is 1090. The summed E-state index contributed by atoms with van der Waals surface area (Å²) in [6, 6.07) is 14.6. The van der Waals surface area contributed by atoms with Crippen LogP contribution in [0.4, 0.5) is 0 Å². The predicted molar refractivity (Wildman–Crippen MR) is 99.4 cm³/mol. The third-order valence-corrected chi connectivity index (χ3v) is 4.53. The van der Waals surface area contributed by atoms with Gasteiger partial charge in [0.15, 0.2) is 11.5 Å². The number of hydroxylamine groups is 2. The molecular weight excluding hydrogens is 362 g/mol. The molecule has 2 amide bonds. The van der Waals surface area contributed by atoms with Crippen molar-refractivity contribution < 1.29 is 28.7 Å². The third-order valence-electron chi connectivity index (χ3n) is 4.53. The van der Waals surface area contributed by atoms with Crippen LogP contribution in [0, 0.1) is 0 Å². The molecule has 0 fully saturated rings. The van der Waals surface area contributed by atoms with E-state index in [-0.39, 0.29) is 5.56 Å². The Morgan fingerprint density at radius 2 is 1.43 bits per heavy atom. The quantitative estimate of drug-likeness (QED) is 0.650. The molecule has 7 nitrogen and oxygen atoms in total. The summed E-state index contributed by atoms with van der Waals surface area (Å²) in [7, 11) is 2.90. The maximum absolute atomic E-state index is 12.8. The number of carbonyl (C=O) groups excluding carboxylic acids is 3.